The Bertz CT molecular complexity index is 1730. The molecule has 214 valence electrons. The number of ether oxygens (including phenoxy) is 1. The molecule has 0 fully saturated rings. The van der Waals surface area contributed by atoms with Crippen molar-refractivity contribution in [3.63, 3.8) is 0 Å². The molecule has 0 aliphatic rings. The first kappa shape index (κ1) is 29.9. The van der Waals surface area contributed by atoms with Crippen molar-refractivity contribution in [1.82, 2.24) is 0 Å². The fourth-order valence-corrected chi connectivity index (χ4v) is 6.00. The standard InChI is InChI=1S/C29H28ClN3O6S2/c1-3-39-27-15-11-25(12-16-27)32-41(37,38)28-17-13-24(14-18-28)31-29(34)22-9-7-21(8-10-22)20-33(40(2,35)36)26-6-4-5-23(30)19-26/h4-19,32H,3,20H2,1-2H3,(H,31,34). The number of carbonyl (C=O) groups excluding carboxylic acids is 1. The number of halogens is 1. The van der Waals surface area contributed by atoms with Gasteiger partial charge in [0.15, 0.2) is 0 Å². The van der Waals surface area contributed by atoms with Crippen molar-refractivity contribution in [3.05, 3.63) is 113 Å². The smallest absolute Gasteiger partial charge is 0.261 e. The maximum absolute atomic E-state index is 12.8. The van der Waals surface area contributed by atoms with Gasteiger partial charge in [-0.25, -0.2) is 16.8 Å². The molecule has 0 aliphatic carbocycles. The van der Waals surface area contributed by atoms with Crippen molar-refractivity contribution < 1.29 is 26.4 Å². The average Bonchev–Trinajstić information content (AvgIpc) is 2.93. The van der Waals surface area contributed by atoms with Gasteiger partial charge in [-0.1, -0.05) is 29.8 Å². The summed E-state index contributed by atoms with van der Waals surface area (Å²) in [4.78, 5) is 12.8. The quantitative estimate of drug-likeness (QED) is 0.222. The summed E-state index contributed by atoms with van der Waals surface area (Å²) in [6.45, 7) is 2.43. The second-order valence-electron chi connectivity index (χ2n) is 8.99. The monoisotopic (exact) mass is 613 g/mol. The van der Waals surface area contributed by atoms with Gasteiger partial charge in [-0.15, -0.1) is 0 Å². The Hall–Kier alpha value is -4.06. The van der Waals surface area contributed by atoms with Gasteiger partial charge in [0.05, 0.1) is 30.0 Å². The van der Waals surface area contributed by atoms with E-state index >= 15 is 0 Å². The van der Waals surface area contributed by atoms with Crippen molar-refractivity contribution in [2.75, 3.05) is 27.2 Å². The molecule has 0 saturated carbocycles. The summed E-state index contributed by atoms with van der Waals surface area (Å²) in [6, 6.07) is 25.4. The van der Waals surface area contributed by atoms with Crippen LogP contribution in [-0.2, 0) is 26.6 Å². The zero-order chi connectivity index (χ0) is 29.6. The number of hydrogen-bond donors (Lipinski definition) is 2. The van der Waals surface area contributed by atoms with Crippen LogP contribution >= 0.6 is 11.6 Å². The van der Waals surface area contributed by atoms with E-state index in [1.54, 1.807) is 72.8 Å². The van der Waals surface area contributed by atoms with Crippen LogP contribution in [0.15, 0.2) is 102 Å². The molecule has 12 heteroatoms. The maximum Gasteiger partial charge on any atom is 0.261 e. The third kappa shape index (κ3) is 8.00. The van der Waals surface area contributed by atoms with Gasteiger partial charge in [-0.2, -0.15) is 0 Å². The number of anilines is 3. The minimum atomic E-state index is -3.84. The normalized spacial score (nSPS) is 11.5. The van der Waals surface area contributed by atoms with Crippen LogP contribution in [0.5, 0.6) is 5.75 Å². The molecule has 2 N–H and O–H groups in total. The van der Waals surface area contributed by atoms with Gasteiger partial charge in [-0.3, -0.25) is 13.8 Å². The summed E-state index contributed by atoms with van der Waals surface area (Å²) in [5, 5.41) is 3.15. The number of sulfonamides is 2. The lowest BCUT2D eigenvalue weighted by Crippen LogP contribution is -2.29. The molecule has 9 nitrogen and oxygen atoms in total. The van der Waals surface area contributed by atoms with E-state index in [1.807, 2.05) is 6.92 Å². The van der Waals surface area contributed by atoms with E-state index in [0.717, 1.165) is 6.26 Å². The van der Waals surface area contributed by atoms with Crippen LogP contribution in [0.2, 0.25) is 5.02 Å². The zero-order valence-corrected chi connectivity index (χ0v) is 24.6. The van der Waals surface area contributed by atoms with Crippen LogP contribution in [0.25, 0.3) is 0 Å². The number of benzene rings is 4. The van der Waals surface area contributed by atoms with E-state index in [4.69, 9.17) is 16.3 Å². The second kappa shape index (κ2) is 12.6. The Morgan fingerprint density at radius 3 is 2.07 bits per heavy atom. The molecule has 0 unspecified atom stereocenters. The summed E-state index contributed by atoms with van der Waals surface area (Å²) >= 11 is 6.04. The van der Waals surface area contributed by atoms with Gasteiger partial charge in [0.25, 0.3) is 15.9 Å². The number of hydrogen-bond acceptors (Lipinski definition) is 6. The van der Waals surface area contributed by atoms with Crippen LogP contribution in [0.4, 0.5) is 17.1 Å². The second-order valence-corrected chi connectivity index (χ2v) is 13.0. The minimum absolute atomic E-state index is 0.0314. The molecule has 4 aromatic carbocycles. The van der Waals surface area contributed by atoms with E-state index < -0.39 is 26.0 Å². The Morgan fingerprint density at radius 1 is 0.854 bits per heavy atom. The molecular weight excluding hydrogens is 586 g/mol. The SMILES string of the molecule is CCOc1ccc(NS(=O)(=O)c2ccc(NC(=O)c3ccc(CN(c4cccc(Cl)c4)S(C)(=O)=O)cc3)cc2)cc1. The number of carbonyl (C=O) groups is 1. The number of rotatable bonds is 11. The topological polar surface area (TPSA) is 122 Å². The van der Waals surface area contributed by atoms with Gasteiger partial charge < -0.3 is 10.1 Å². The third-order valence-corrected chi connectivity index (χ3v) is 8.65. The molecule has 4 rings (SSSR count). The Labute approximate surface area is 244 Å². The summed E-state index contributed by atoms with van der Waals surface area (Å²) < 4.78 is 59.5. The summed E-state index contributed by atoms with van der Waals surface area (Å²) in [5.41, 5.74) is 2.24. The summed E-state index contributed by atoms with van der Waals surface area (Å²) in [6.07, 6.45) is 1.11. The molecule has 0 atom stereocenters. The first-order valence-corrected chi connectivity index (χ1v) is 16.1. The summed E-state index contributed by atoms with van der Waals surface area (Å²) in [7, 11) is -7.43. The van der Waals surface area contributed by atoms with Crippen LogP contribution in [0, 0.1) is 0 Å². The molecule has 0 spiro atoms. The van der Waals surface area contributed by atoms with E-state index in [0.29, 0.717) is 45.6 Å². The van der Waals surface area contributed by atoms with Gasteiger partial charge >= 0.3 is 0 Å². The molecule has 0 bridgehead atoms. The lowest BCUT2D eigenvalue weighted by Gasteiger charge is -2.22. The first-order valence-electron chi connectivity index (χ1n) is 12.4. The molecule has 1 amide bonds. The predicted molar refractivity (Wildman–Crippen MR) is 162 cm³/mol. The number of nitrogens with one attached hydrogen (secondary N) is 2. The maximum atomic E-state index is 12.8. The number of amides is 1. The van der Waals surface area contributed by atoms with Crippen LogP contribution < -0.4 is 19.1 Å². The predicted octanol–water partition coefficient (Wildman–Crippen LogP) is 5.76. The molecule has 0 aromatic heterocycles. The van der Waals surface area contributed by atoms with Crippen molar-refractivity contribution in [3.8, 4) is 5.75 Å². The third-order valence-electron chi connectivity index (χ3n) is 5.88. The van der Waals surface area contributed by atoms with Crippen LogP contribution in [0.1, 0.15) is 22.8 Å². The van der Waals surface area contributed by atoms with Gasteiger partial charge in [0.1, 0.15) is 5.75 Å². The fourth-order valence-electron chi connectivity index (χ4n) is 3.88. The highest BCUT2D eigenvalue weighted by atomic mass is 35.5. The Kier molecular flexibility index (Phi) is 9.21. The lowest BCUT2D eigenvalue weighted by molar-refractivity contribution is 0.102. The highest BCUT2D eigenvalue weighted by Gasteiger charge is 2.19. The van der Waals surface area contributed by atoms with Crippen molar-refractivity contribution in [2.45, 2.75) is 18.4 Å². The molecule has 0 radical (unpaired) electrons. The molecule has 0 heterocycles. The fraction of sp³-hybridized carbons (Fsp3) is 0.138. The summed E-state index contributed by atoms with van der Waals surface area (Å²) in [5.74, 6) is 0.230. The van der Waals surface area contributed by atoms with Crippen molar-refractivity contribution in [2.24, 2.45) is 0 Å². The lowest BCUT2D eigenvalue weighted by atomic mass is 10.1. The largest absolute Gasteiger partial charge is 0.494 e. The Balaban J connectivity index is 1.40. The van der Waals surface area contributed by atoms with Crippen LogP contribution in [-0.4, -0.2) is 35.6 Å². The average molecular weight is 614 g/mol. The van der Waals surface area contributed by atoms with Crippen LogP contribution in [0.3, 0.4) is 0 Å². The zero-order valence-electron chi connectivity index (χ0n) is 22.2. The molecule has 0 aliphatic heterocycles. The van der Waals surface area contributed by atoms with E-state index in [9.17, 15) is 21.6 Å². The van der Waals surface area contributed by atoms with Gasteiger partial charge in [0.2, 0.25) is 10.0 Å². The first-order chi connectivity index (χ1) is 19.4. The van der Waals surface area contributed by atoms with E-state index in [-0.39, 0.29) is 11.4 Å². The van der Waals surface area contributed by atoms with E-state index in [1.165, 1.54) is 28.6 Å². The molecule has 41 heavy (non-hydrogen) atoms. The highest BCUT2D eigenvalue weighted by Crippen LogP contribution is 2.25. The van der Waals surface area contributed by atoms with Crippen molar-refractivity contribution in [1.29, 1.82) is 0 Å². The van der Waals surface area contributed by atoms with E-state index in [2.05, 4.69) is 10.0 Å². The molecule has 4 aromatic rings. The van der Waals surface area contributed by atoms with Gasteiger partial charge in [-0.05, 0) is 91.3 Å². The molecular formula is C29H28ClN3O6S2. The highest BCUT2D eigenvalue weighted by molar-refractivity contribution is 7.92. The number of nitrogens with zero attached hydrogens (tertiary/aromatic N) is 1. The van der Waals surface area contributed by atoms with Crippen molar-refractivity contribution >= 4 is 54.6 Å². The Morgan fingerprint density at radius 2 is 1.49 bits per heavy atom. The molecule has 0 saturated heterocycles. The minimum Gasteiger partial charge on any atom is -0.494 e. The van der Waals surface area contributed by atoms with Gasteiger partial charge in [0, 0.05) is 22.0 Å².